The lowest BCUT2D eigenvalue weighted by atomic mass is 10.0. The molecular weight excluding hydrogens is 379 g/mol. The predicted octanol–water partition coefficient (Wildman–Crippen LogP) is 5.57. The first-order valence-electron chi connectivity index (χ1n) is 9.58. The van der Waals surface area contributed by atoms with Crippen LogP contribution in [0.25, 0.3) is 5.57 Å². The van der Waals surface area contributed by atoms with Gasteiger partial charge in [0.05, 0.1) is 5.56 Å². The summed E-state index contributed by atoms with van der Waals surface area (Å²) in [6.07, 6.45) is -1.37. The van der Waals surface area contributed by atoms with Crippen molar-refractivity contribution >= 4 is 11.5 Å². The van der Waals surface area contributed by atoms with Crippen molar-refractivity contribution in [3.05, 3.63) is 76.9 Å². The number of aliphatic carboxylic acids is 1. The van der Waals surface area contributed by atoms with Crippen LogP contribution in [0.4, 0.5) is 13.2 Å². The van der Waals surface area contributed by atoms with Crippen molar-refractivity contribution in [2.24, 2.45) is 0 Å². The van der Waals surface area contributed by atoms with Gasteiger partial charge in [-0.25, -0.2) is 4.79 Å². The maximum absolute atomic E-state index is 12.9. The maximum Gasteiger partial charge on any atom is 0.416 e. The van der Waals surface area contributed by atoms with Gasteiger partial charge < -0.3 is 5.11 Å². The number of carboxylic acid groups (broad SMARTS) is 1. The standard InChI is InChI=1S/C23H24F3NO2/c1-15(12-22(28)29)18-10-8-17(9-11-18)7-6-16(2)27-14-21(27)19-4-3-5-20(13-19)23(24,25)26/h3-5,8-13,16,21H,6-7,14H2,1-2H3,(H,28,29)/b15-12+/t16-,21+,27?/m0/s1. The Morgan fingerprint density at radius 2 is 1.93 bits per heavy atom. The summed E-state index contributed by atoms with van der Waals surface area (Å²) in [6.45, 7) is 4.64. The number of allylic oxidation sites excluding steroid dienone is 1. The van der Waals surface area contributed by atoms with Crippen LogP contribution in [-0.4, -0.2) is 28.6 Å². The molecule has 3 atom stereocenters. The van der Waals surface area contributed by atoms with Crippen molar-refractivity contribution in [2.75, 3.05) is 6.54 Å². The number of carbonyl (C=O) groups is 1. The first-order chi connectivity index (χ1) is 13.6. The summed E-state index contributed by atoms with van der Waals surface area (Å²) >= 11 is 0. The molecule has 3 nitrogen and oxygen atoms in total. The molecule has 154 valence electrons. The summed E-state index contributed by atoms with van der Waals surface area (Å²) in [5, 5.41) is 8.82. The lowest BCUT2D eigenvalue weighted by molar-refractivity contribution is -0.137. The molecule has 29 heavy (non-hydrogen) atoms. The second-order valence-corrected chi connectivity index (χ2v) is 7.59. The van der Waals surface area contributed by atoms with Gasteiger partial charge in [0.15, 0.2) is 0 Å². The highest BCUT2D eigenvalue weighted by Crippen LogP contribution is 2.40. The Bertz CT molecular complexity index is 903. The number of hydrogen-bond donors (Lipinski definition) is 1. The Kier molecular flexibility index (Phi) is 6.13. The van der Waals surface area contributed by atoms with Gasteiger partial charge in [0.25, 0.3) is 0 Å². The van der Waals surface area contributed by atoms with E-state index in [4.69, 9.17) is 5.11 Å². The highest BCUT2D eigenvalue weighted by Gasteiger charge is 2.40. The number of nitrogens with zero attached hydrogens (tertiary/aromatic N) is 1. The first kappa shape index (κ1) is 21.1. The largest absolute Gasteiger partial charge is 0.478 e. The minimum Gasteiger partial charge on any atom is -0.478 e. The SMILES string of the molecule is C/C(=C\C(=O)O)c1ccc(CC[C@H](C)N2C[C@@H]2c2cccc(C(F)(F)F)c2)cc1. The average molecular weight is 403 g/mol. The van der Waals surface area contributed by atoms with E-state index in [2.05, 4.69) is 11.8 Å². The van der Waals surface area contributed by atoms with Gasteiger partial charge in [-0.15, -0.1) is 0 Å². The summed E-state index contributed by atoms with van der Waals surface area (Å²) in [7, 11) is 0. The van der Waals surface area contributed by atoms with Gasteiger partial charge >= 0.3 is 12.1 Å². The van der Waals surface area contributed by atoms with Gasteiger partial charge in [0.2, 0.25) is 0 Å². The number of aryl methyl sites for hydroxylation is 1. The summed E-state index contributed by atoms with van der Waals surface area (Å²) in [6, 6.07) is 13.7. The van der Waals surface area contributed by atoms with Crippen LogP contribution in [0.1, 0.15) is 48.6 Å². The lowest BCUT2D eigenvalue weighted by Gasteiger charge is -2.15. The smallest absolute Gasteiger partial charge is 0.416 e. The van der Waals surface area contributed by atoms with E-state index in [1.807, 2.05) is 24.3 Å². The number of rotatable bonds is 7. The highest BCUT2D eigenvalue weighted by atomic mass is 19.4. The fraction of sp³-hybridized carbons (Fsp3) is 0.348. The summed E-state index contributed by atoms with van der Waals surface area (Å²) in [5.74, 6) is -0.964. The number of carboxylic acids is 1. The van der Waals surface area contributed by atoms with Crippen molar-refractivity contribution in [1.29, 1.82) is 0 Å². The Morgan fingerprint density at radius 3 is 2.55 bits per heavy atom. The Labute approximate surface area is 168 Å². The quantitative estimate of drug-likeness (QED) is 0.485. The third-order valence-corrected chi connectivity index (χ3v) is 5.42. The van der Waals surface area contributed by atoms with E-state index in [-0.39, 0.29) is 12.1 Å². The van der Waals surface area contributed by atoms with Crippen LogP contribution in [0.2, 0.25) is 0 Å². The zero-order valence-electron chi connectivity index (χ0n) is 16.4. The van der Waals surface area contributed by atoms with Crippen LogP contribution in [0.5, 0.6) is 0 Å². The fourth-order valence-electron chi connectivity index (χ4n) is 3.60. The molecule has 1 aliphatic heterocycles. The van der Waals surface area contributed by atoms with Crippen LogP contribution in [-0.2, 0) is 17.4 Å². The highest BCUT2D eigenvalue weighted by molar-refractivity contribution is 5.89. The van der Waals surface area contributed by atoms with Crippen LogP contribution in [0.3, 0.4) is 0 Å². The van der Waals surface area contributed by atoms with Gasteiger partial charge in [0, 0.05) is 24.7 Å². The number of benzene rings is 2. The van der Waals surface area contributed by atoms with Gasteiger partial charge in [-0.2, -0.15) is 13.2 Å². The molecule has 0 bridgehead atoms. The van der Waals surface area contributed by atoms with Crippen LogP contribution >= 0.6 is 0 Å². The number of halogens is 3. The summed E-state index contributed by atoms with van der Waals surface area (Å²) in [4.78, 5) is 13.0. The van der Waals surface area contributed by atoms with E-state index in [1.54, 1.807) is 13.0 Å². The Hall–Kier alpha value is -2.60. The summed E-state index contributed by atoms with van der Waals surface area (Å²) in [5.41, 5.74) is 2.85. The van der Waals surface area contributed by atoms with E-state index < -0.39 is 17.7 Å². The van der Waals surface area contributed by atoms with Crippen molar-refractivity contribution in [2.45, 2.75) is 44.9 Å². The molecule has 1 heterocycles. The van der Waals surface area contributed by atoms with Crippen LogP contribution in [0, 0.1) is 0 Å². The lowest BCUT2D eigenvalue weighted by Crippen LogP contribution is -2.16. The minimum absolute atomic E-state index is 0.0541. The molecule has 0 aromatic heterocycles. The molecule has 2 aromatic rings. The molecule has 0 spiro atoms. The minimum atomic E-state index is -4.31. The van der Waals surface area contributed by atoms with Crippen LogP contribution in [0.15, 0.2) is 54.6 Å². The predicted molar refractivity (Wildman–Crippen MR) is 106 cm³/mol. The molecule has 6 heteroatoms. The molecule has 1 unspecified atom stereocenters. The Morgan fingerprint density at radius 1 is 1.24 bits per heavy atom. The maximum atomic E-state index is 12.9. The number of alkyl halides is 3. The van der Waals surface area contributed by atoms with E-state index in [0.717, 1.165) is 42.1 Å². The first-order valence-corrected chi connectivity index (χ1v) is 9.58. The number of hydrogen-bond acceptors (Lipinski definition) is 2. The van der Waals surface area contributed by atoms with Gasteiger partial charge in [-0.3, -0.25) is 4.90 Å². The third-order valence-electron chi connectivity index (χ3n) is 5.42. The molecule has 3 rings (SSSR count). The zero-order chi connectivity index (χ0) is 21.2. The van der Waals surface area contributed by atoms with E-state index in [0.29, 0.717) is 5.57 Å². The topological polar surface area (TPSA) is 40.3 Å². The van der Waals surface area contributed by atoms with Crippen molar-refractivity contribution in [1.82, 2.24) is 4.90 Å². The fourth-order valence-corrected chi connectivity index (χ4v) is 3.60. The molecule has 1 fully saturated rings. The second-order valence-electron chi connectivity index (χ2n) is 7.59. The normalized spacial score (nSPS) is 20.4. The molecule has 2 aromatic carbocycles. The molecule has 0 aliphatic carbocycles. The molecule has 1 aliphatic rings. The Balaban J connectivity index is 1.55. The van der Waals surface area contributed by atoms with Gasteiger partial charge in [-0.1, -0.05) is 36.4 Å². The molecular formula is C23H24F3NO2. The van der Waals surface area contributed by atoms with Gasteiger partial charge in [-0.05, 0) is 61.1 Å². The second kappa shape index (κ2) is 8.41. The molecule has 1 saturated heterocycles. The molecule has 0 radical (unpaired) electrons. The van der Waals surface area contributed by atoms with Crippen LogP contribution < -0.4 is 0 Å². The third kappa shape index (κ3) is 5.48. The van der Waals surface area contributed by atoms with Crippen molar-refractivity contribution in [3.63, 3.8) is 0 Å². The van der Waals surface area contributed by atoms with Gasteiger partial charge in [0.1, 0.15) is 0 Å². The van der Waals surface area contributed by atoms with E-state index >= 15 is 0 Å². The molecule has 1 N–H and O–H groups in total. The summed E-state index contributed by atoms with van der Waals surface area (Å²) < 4.78 is 38.7. The van der Waals surface area contributed by atoms with E-state index in [1.165, 1.54) is 18.2 Å². The molecule has 0 amide bonds. The monoisotopic (exact) mass is 403 g/mol. The zero-order valence-corrected chi connectivity index (χ0v) is 16.4. The van der Waals surface area contributed by atoms with E-state index in [9.17, 15) is 18.0 Å². The molecule has 0 saturated carbocycles. The average Bonchev–Trinajstić information content (AvgIpc) is 3.46. The van der Waals surface area contributed by atoms with Crippen molar-refractivity contribution < 1.29 is 23.1 Å². The van der Waals surface area contributed by atoms with Crippen molar-refractivity contribution in [3.8, 4) is 0 Å².